The topological polar surface area (TPSA) is 179 Å². The summed E-state index contributed by atoms with van der Waals surface area (Å²) in [5.74, 6) is -2.90. The number of carboxylic acids is 1. The van der Waals surface area contributed by atoms with Gasteiger partial charge in [-0.3, -0.25) is 14.4 Å². The van der Waals surface area contributed by atoms with Gasteiger partial charge in [0.05, 0.1) is 12.4 Å². The second-order valence-electron chi connectivity index (χ2n) is 8.38. The van der Waals surface area contributed by atoms with E-state index in [4.69, 9.17) is 5.73 Å². The molecule has 1 aromatic heterocycles. The van der Waals surface area contributed by atoms with E-state index in [1.54, 1.807) is 13.8 Å². The van der Waals surface area contributed by atoms with Crippen LogP contribution in [0.4, 0.5) is 0 Å². The second kappa shape index (κ2) is 12.0. The lowest BCUT2D eigenvalue weighted by Gasteiger charge is -2.26. The number of aromatic nitrogens is 2. The number of H-pyrrole nitrogens is 1. The highest BCUT2D eigenvalue weighted by Crippen LogP contribution is 2.07. The van der Waals surface area contributed by atoms with E-state index in [0.717, 1.165) is 0 Å². The van der Waals surface area contributed by atoms with E-state index in [0.29, 0.717) is 12.1 Å². The summed E-state index contributed by atoms with van der Waals surface area (Å²) in [5, 5.41) is 16.9. The molecule has 0 aromatic carbocycles. The fourth-order valence-corrected chi connectivity index (χ4v) is 2.89. The Balaban J connectivity index is 2.71. The molecule has 0 radical (unpaired) electrons. The smallest absolute Gasteiger partial charge is 0.326 e. The molecule has 7 N–H and O–H groups in total. The summed E-state index contributed by atoms with van der Waals surface area (Å²) >= 11 is 0. The van der Waals surface area contributed by atoms with Gasteiger partial charge in [0.1, 0.15) is 18.1 Å². The molecule has 0 bridgehead atoms. The number of aromatic amines is 1. The maximum absolute atomic E-state index is 12.7. The number of imidazole rings is 1. The number of hydrogen-bond donors (Lipinski definition) is 6. The van der Waals surface area contributed by atoms with Crippen LogP contribution in [-0.4, -0.2) is 62.9 Å². The maximum Gasteiger partial charge on any atom is 0.326 e. The van der Waals surface area contributed by atoms with Gasteiger partial charge in [-0.1, -0.05) is 27.7 Å². The van der Waals surface area contributed by atoms with Crippen LogP contribution in [0.25, 0.3) is 0 Å². The van der Waals surface area contributed by atoms with Crippen molar-refractivity contribution in [1.82, 2.24) is 25.9 Å². The Morgan fingerprint density at radius 3 is 2.16 bits per heavy atom. The summed E-state index contributed by atoms with van der Waals surface area (Å²) in [4.78, 5) is 55.5. The predicted octanol–water partition coefficient (Wildman–Crippen LogP) is -0.459. The third kappa shape index (κ3) is 8.75. The molecule has 0 saturated carbocycles. The van der Waals surface area contributed by atoms with Crippen LogP contribution in [0.2, 0.25) is 0 Å². The van der Waals surface area contributed by atoms with E-state index in [-0.39, 0.29) is 18.3 Å². The molecule has 11 heteroatoms. The van der Waals surface area contributed by atoms with E-state index < -0.39 is 47.9 Å². The van der Waals surface area contributed by atoms with Crippen LogP contribution in [0, 0.1) is 11.8 Å². The fourth-order valence-electron chi connectivity index (χ4n) is 2.89. The number of amides is 3. The highest BCUT2D eigenvalue weighted by atomic mass is 16.4. The SMILES string of the molecule is CC(C)CC(N)C(=O)NC(C(=O)NC(C)C(=O)NC(Cc1cnc[nH]1)C(=O)O)C(C)C. The minimum atomic E-state index is -1.21. The number of hydrogen-bond acceptors (Lipinski definition) is 6. The van der Waals surface area contributed by atoms with Crippen molar-refractivity contribution in [2.24, 2.45) is 17.6 Å². The summed E-state index contributed by atoms with van der Waals surface area (Å²) in [7, 11) is 0. The van der Waals surface area contributed by atoms with Crippen molar-refractivity contribution in [2.45, 2.75) is 71.6 Å². The normalized spacial score (nSPS) is 15.1. The van der Waals surface area contributed by atoms with Crippen LogP contribution in [0.3, 0.4) is 0 Å². The number of nitrogens with one attached hydrogen (secondary N) is 4. The Morgan fingerprint density at radius 2 is 1.68 bits per heavy atom. The number of aliphatic carboxylic acids is 1. The quantitative estimate of drug-likeness (QED) is 0.255. The molecule has 0 aliphatic heterocycles. The molecule has 0 aliphatic carbocycles. The molecule has 174 valence electrons. The van der Waals surface area contributed by atoms with Gasteiger partial charge in [0, 0.05) is 18.3 Å². The second-order valence-corrected chi connectivity index (χ2v) is 8.38. The molecule has 3 amide bonds. The van der Waals surface area contributed by atoms with E-state index >= 15 is 0 Å². The van der Waals surface area contributed by atoms with Crippen molar-refractivity contribution in [3.63, 3.8) is 0 Å². The third-order valence-corrected chi connectivity index (χ3v) is 4.65. The number of rotatable bonds is 12. The first-order valence-corrected chi connectivity index (χ1v) is 10.3. The highest BCUT2D eigenvalue weighted by Gasteiger charge is 2.30. The van der Waals surface area contributed by atoms with Gasteiger partial charge in [0.2, 0.25) is 17.7 Å². The first-order chi connectivity index (χ1) is 14.4. The lowest BCUT2D eigenvalue weighted by Crippen LogP contribution is -2.58. The molecule has 0 fully saturated rings. The molecular formula is C20H34N6O5. The monoisotopic (exact) mass is 438 g/mol. The summed E-state index contributed by atoms with van der Waals surface area (Å²) in [5.41, 5.74) is 6.43. The minimum Gasteiger partial charge on any atom is -0.480 e. The Labute approximate surface area is 181 Å². The molecule has 0 aliphatic rings. The van der Waals surface area contributed by atoms with Crippen molar-refractivity contribution in [1.29, 1.82) is 0 Å². The molecule has 31 heavy (non-hydrogen) atoms. The van der Waals surface area contributed by atoms with Gasteiger partial charge >= 0.3 is 5.97 Å². The first-order valence-electron chi connectivity index (χ1n) is 10.3. The Morgan fingerprint density at radius 1 is 1.03 bits per heavy atom. The standard InChI is InChI=1S/C20H34N6O5/c1-10(2)6-14(21)18(28)26-16(11(3)4)19(29)24-12(5)17(27)25-15(20(30)31)7-13-8-22-9-23-13/h8-12,14-16H,6-7,21H2,1-5H3,(H,22,23)(H,24,29)(H,25,27)(H,26,28)(H,30,31). The zero-order chi connectivity index (χ0) is 23.7. The molecule has 1 heterocycles. The Hall–Kier alpha value is -2.95. The van der Waals surface area contributed by atoms with E-state index in [1.807, 2.05) is 13.8 Å². The molecule has 1 rings (SSSR count). The average Bonchev–Trinajstić information content (AvgIpc) is 3.17. The van der Waals surface area contributed by atoms with Crippen LogP contribution in [0.15, 0.2) is 12.5 Å². The molecule has 4 unspecified atom stereocenters. The van der Waals surface area contributed by atoms with Crippen molar-refractivity contribution < 1.29 is 24.3 Å². The van der Waals surface area contributed by atoms with Crippen LogP contribution in [0.5, 0.6) is 0 Å². The summed E-state index contributed by atoms with van der Waals surface area (Å²) in [6.45, 7) is 8.84. The van der Waals surface area contributed by atoms with Gasteiger partial charge in [0.25, 0.3) is 0 Å². The number of carboxylic acid groups (broad SMARTS) is 1. The van der Waals surface area contributed by atoms with E-state index in [2.05, 4.69) is 25.9 Å². The zero-order valence-electron chi connectivity index (χ0n) is 18.6. The van der Waals surface area contributed by atoms with Crippen LogP contribution >= 0.6 is 0 Å². The minimum absolute atomic E-state index is 0.0140. The van der Waals surface area contributed by atoms with Crippen molar-refractivity contribution >= 4 is 23.7 Å². The van der Waals surface area contributed by atoms with Crippen LogP contribution in [0.1, 0.15) is 46.7 Å². The van der Waals surface area contributed by atoms with Gasteiger partial charge < -0.3 is 31.8 Å². The van der Waals surface area contributed by atoms with E-state index in [9.17, 15) is 24.3 Å². The number of carbonyl (C=O) groups excluding carboxylic acids is 3. The van der Waals surface area contributed by atoms with Gasteiger partial charge in [-0.15, -0.1) is 0 Å². The summed E-state index contributed by atoms with van der Waals surface area (Å²) in [6.07, 6.45) is 3.36. The largest absolute Gasteiger partial charge is 0.480 e. The van der Waals surface area contributed by atoms with E-state index in [1.165, 1.54) is 19.4 Å². The van der Waals surface area contributed by atoms with Crippen molar-refractivity contribution in [3.8, 4) is 0 Å². The molecule has 1 aromatic rings. The lowest BCUT2D eigenvalue weighted by molar-refractivity contribution is -0.142. The third-order valence-electron chi connectivity index (χ3n) is 4.65. The average molecular weight is 439 g/mol. The number of nitrogens with two attached hydrogens (primary N) is 1. The van der Waals surface area contributed by atoms with Gasteiger partial charge in [0.15, 0.2) is 0 Å². The van der Waals surface area contributed by atoms with Crippen LogP contribution in [-0.2, 0) is 25.6 Å². The number of carbonyl (C=O) groups is 4. The fraction of sp³-hybridized carbons (Fsp3) is 0.650. The van der Waals surface area contributed by atoms with Gasteiger partial charge in [-0.2, -0.15) is 0 Å². The first kappa shape index (κ1) is 26.1. The zero-order valence-corrected chi connectivity index (χ0v) is 18.6. The van der Waals surface area contributed by atoms with Crippen molar-refractivity contribution in [3.05, 3.63) is 18.2 Å². The maximum atomic E-state index is 12.7. The number of nitrogens with zero attached hydrogens (tertiary/aromatic N) is 1. The predicted molar refractivity (Wildman–Crippen MR) is 114 cm³/mol. The summed E-state index contributed by atoms with van der Waals surface area (Å²) in [6, 6.07) is -3.84. The van der Waals surface area contributed by atoms with Gasteiger partial charge in [-0.25, -0.2) is 9.78 Å². The highest BCUT2D eigenvalue weighted by molar-refractivity contribution is 5.94. The Bertz CT molecular complexity index is 749. The molecule has 0 spiro atoms. The lowest BCUT2D eigenvalue weighted by atomic mass is 10.00. The summed E-state index contributed by atoms with van der Waals surface area (Å²) < 4.78 is 0. The molecular weight excluding hydrogens is 404 g/mol. The van der Waals surface area contributed by atoms with Crippen LogP contribution < -0.4 is 21.7 Å². The Kier molecular flexibility index (Phi) is 10.1. The molecule has 4 atom stereocenters. The molecule has 0 saturated heterocycles. The van der Waals surface area contributed by atoms with Gasteiger partial charge in [-0.05, 0) is 25.2 Å². The van der Waals surface area contributed by atoms with Crippen molar-refractivity contribution in [2.75, 3.05) is 0 Å². The molecule has 11 nitrogen and oxygen atoms in total.